The average molecular weight is 244 g/mol. The third kappa shape index (κ3) is 1.86. The molecule has 0 bridgehead atoms. The lowest BCUT2D eigenvalue weighted by Gasteiger charge is -2.15. The van der Waals surface area contributed by atoms with E-state index in [1.165, 1.54) is 22.3 Å². The molecule has 0 saturated carbocycles. The topological polar surface area (TPSA) is 12.0 Å². The predicted octanol–water partition coefficient (Wildman–Crippen LogP) is 3.84. The van der Waals surface area contributed by atoms with E-state index in [0.717, 1.165) is 11.6 Å². The Morgan fingerprint density at radius 1 is 1.12 bits per heavy atom. The molecule has 2 aromatic rings. The molecular formula is C15H14ClN. The monoisotopic (exact) mass is 243 g/mol. The van der Waals surface area contributed by atoms with Crippen LogP contribution in [0.4, 0.5) is 0 Å². The van der Waals surface area contributed by atoms with Gasteiger partial charge >= 0.3 is 0 Å². The molecule has 1 aliphatic rings. The van der Waals surface area contributed by atoms with E-state index in [1.54, 1.807) is 0 Å². The van der Waals surface area contributed by atoms with Crippen molar-refractivity contribution in [3.05, 3.63) is 69.7 Å². The number of hydrogen-bond acceptors (Lipinski definition) is 1. The van der Waals surface area contributed by atoms with E-state index < -0.39 is 0 Å². The number of fused-ring (bicyclic) bond motifs is 1. The van der Waals surface area contributed by atoms with Crippen molar-refractivity contribution in [3.63, 3.8) is 0 Å². The van der Waals surface area contributed by atoms with E-state index in [9.17, 15) is 0 Å². The fraction of sp³-hybridized carbons (Fsp3) is 0.200. The first-order valence-electron chi connectivity index (χ1n) is 5.83. The van der Waals surface area contributed by atoms with Gasteiger partial charge in [0, 0.05) is 11.6 Å². The van der Waals surface area contributed by atoms with Gasteiger partial charge in [-0.1, -0.05) is 41.9 Å². The van der Waals surface area contributed by atoms with Crippen molar-refractivity contribution >= 4 is 11.6 Å². The predicted molar refractivity (Wildman–Crippen MR) is 71.3 cm³/mol. The zero-order valence-electron chi connectivity index (χ0n) is 9.70. The smallest absolute Gasteiger partial charge is 0.0585 e. The molecule has 86 valence electrons. The minimum absolute atomic E-state index is 0.309. The Bertz CT molecular complexity index is 563. The van der Waals surface area contributed by atoms with Gasteiger partial charge in [-0.2, -0.15) is 0 Å². The summed E-state index contributed by atoms with van der Waals surface area (Å²) in [6.45, 7) is 3.06. The number of halogens is 1. The first-order valence-corrected chi connectivity index (χ1v) is 6.21. The van der Waals surface area contributed by atoms with Gasteiger partial charge in [-0.25, -0.2) is 0 Å². The van der Waals surface area contributed by atoms with E-state index in [4.69, 9.17) is 11.6 Å². The zero-order chi connectivity index (χ0) is 11.8. The Morgan fingerprint density at radius 2 is 1.94 bits per heavy atom. The van der Waals surface area contributed by atoms with Crippen molar-refractivity contribution in [3.8, 4) is 0 Å². The van der Waals surface area contributed by atoms with E-state index in [0.29, 0.717) is 6.04 Å². The SMILES string of the molecule is Cc1ccccc1C1NCc2cc(Cl)ccc21. The fourth-order valence-electron chi connectivity index (χ4n) is 2.52. The highest BCUT2D eigenvalue weighted by Gasteiger charge is 2.24. The third-order valence-corrected chi connectivity index (χ3v) is 3.65. The Kier molecular flexibility index (Phi) is 2.65. The maximum Gasteiger partial charge on any atom is 0.0585 e. The van der Waals surface area contributed by atoms with Crippen molar-refractivity contribution in [2.24, 2.45) is 0 Å². The molecule has 1 unspecified atom stereocenters. The van der Waals surface area contributed by atoms with Gasteiger partial charge < -0.3 is 5.32 Å². The highest BCUT2D eigenvalue weighted by Crippen LogP contribution is 2.33. The quantitative estimate of drug-likeness (QED) is 0.803. The molecule has 2 aromatic carbocycles. The van der Waals surface area contributed by atoms with E-state index >= 15 is 0 Å². The normalized spacial score (nSPS) is 18.1. The third-order valence-electron chi connectivity index (χ3n) is 3.41. The Balaban J connectivity index is 2.07. The standard InChI is InChI=1S/C15H14ClN/c1-10-4-2-3-5-13(10)15-14-7-6-12(16)8-11(14)9-17-15/h2-8,15,17H,9H2,1H3. The number of aryl methyl sites for hydroxylation is 1. The number of rotatable bonds is 1. The summed E-state index contributed by atoms with van der Waals surface area (Å²) < 4.78 is 0. The van der Waals surface area contributed by atoms with E-state index in [1.807, 2.05) is 6.07 Å². The highest BCUT2D eigenvalue weighted by molar-refractivity contribution is 6.30. The minimum atomic E-state index is 0.309. The molecule has 0 fully saturated rings. The molecular weight excluding hydrogens is 230 g/mol. The number of nitrogens with one attached hydrogen (secondary N) is 1. The van der Waals surface area contributed by atoms with Crippen LogP contribution in [0, 0.1) is 6.92 Å². The van der Waals surface area contributed by atoms with Gasteiger partial charge in [-0.15, -0.1) is 0 Å². The Labute approximate surface area is 106 Å². The summed E-state index contributed by atoms with van der Waals surface area (Å²) in [5.41, 5.74) is 5.34. The summed E-state index contributed by atoms with van der Waals surface area (Å²) in [5, 5.41) is 4.36. The largest absolute Gasteiger partial charge is 0.302 e. The summed E-state index contributed by atoms with van der Waals surface area (Å²) >= 11 is 6.02. The van der Waals surface area contributed by atoms with Gasteiger partial charge in [0.15, 0.2) is 0 Å². The zero-order valence-corrected chi connectivity index (χ0v) is 10.5. The number of benzene rings is 2. The van der Waals surface area contributed by atoms with Crippen molar-refractivity contribution in [2.45, 2.75) is 19.5 Å². The maximum absolute atomic E-state index is 6.02. The van der Waals surface area contributed by atoms with Crippen LogP contribution < -0.4 is 5.32 Å². The van der Waals surface area contributed by atoms with Gasteiger partial charge in [0.05, 0.1) is 6.04 Å². The number of hydrogen-bond donors (Lipinski definition) is 1. The first kappa shape index (κ1) is 10.8. The molecule has 17 heavy (non-hydrogen) atoms. The molecule has 1 aliphatic heterocycles. The molecule has 1 atom stereocenters. The summed E-state index contributed by atoms with van der Waals surface area (Å²) in [5.74, 6) is 0. The van der Waals surface area contributed by atoms with Crippen LogP contribution in [0.25, 0.3) is 0 Å². The van der Waals surface area contributed by atoms with Crippen molar-refractivity contribution < 1.29 is 0 Å². The second-order valence-corrected chi connectivity index (χ2v) is 4.95. The molecule has 0 radical (unpaired) electrons. The minimum Gasteiger partial charge on any atom is -0.302 e. The summed E-state index contributed by atoms with van der Waals surface area (Å²) in [6, 6.07) is 15.0. The first-order chi connectivity index (χ1) is 8.25. The summed E-state index contributed by atoms with van der Waals surface area (Å²) in [4.78, 5) is 0. The van der Waals surface area contributed by atoms with Gasteiger partial charge in [-0.3, -0.25) is 0 Å². The fourth-order valence-corrected chi connectivity index (χ4v) is 2.71. The van der Waals surface area contributed by atoms with Crippen LogP contribution in [0.5, 0.6) is 0 Å². The van der Waals surface area contributed by atoms with E-state index in [2.05, 4.69) is 48.6 Å². The van der Waals surface area contributed by atoms with Gasteiger partial charge in [0.1, 0.15) is 0 Å². The lowest BCUT2D eigenvalue weighted by molar-refractivity contribution is 0.664. The van der Waals surface area contributed by atoms with Crippen LogP contribution >= 0.6 is 11.6 Å². The van der Waals surface area contributed by atoms with Gasteiger partial charge in [-0.05, 0) is 41.3 Å². The van der Waals surface area contributed by atoms with Crippen molar-refractivity contribution in [2.75, 3.05) is 0 Å². The summed E-state index contributed by atoms with van der Waals surface area (Å²) in [6.07, 6.45) is 0. The van der Waals surface area contributed by atoms with Crippen LogP contribution in [0.3, 0.4) is 0 Å². The molecule has 0 amide bonds. The van der Waals surface area contributed by atoms with Gasteiger partial charge in [0.25, 0.3) is 0 Å². The van der Waals surface area contributed by atoms with E-state index in [-0.39, 0.29) is 0 Å². The van der Waals surface area contributed by atoms with Crippen LogP contribution in [-0.4, -0.2) is 0 Å². The molecule has 1 nitrogen and oxygen atoms in total. The molecule has 2 heteroatoms. The lowest BCUT2D eigenvalue weighted by Crippen LogP contribution is -2.14. The second kappa shape index (κ2) is 4.17. The second-order valence-electron chi connectivity index (χ2n) is 4.51. The molecule has 0 aromatic heterocycles. The average Bonchev–Trinajstić information content (AvgIpc) is 2.72. The van der Waals surface area contributed by atoms with Crippen LogP contribution in [-0.2, 0) is 6.54 Å². The van der Waals surface area contributed by atoms with Crippen LogP contribution in [0.1, 0.15) is 28.3 Å². The van der Waals surface area contributed by atoms with Gasteiger partial charge in [0.2, 0.25) is 0 Å². The lowest BCUT2D eigenvalue weighted by atomic mass is 9.95. The van der Waals surface area contributed by atoms with Crippen LogP contribution in [0.2, 0.25) is 5.02 Å². The summed E-state index contributed by atoms with van der Waals surface area (Å²) in [7, 11) is 0. The molecule has 1 N–H and O–H groups in total. The highest BCUT2D eigenvalue weighted by atomic mass is 35.5. The molecule has 3 rings (SSSR count). The Morgan fingerprint density at radius 3 is 2.76 bits per heavy atom. The molecule has 0 saturated heterocycles. The molecule has 1 heterocycles. The van der Waals surface area contributed by atoms with Crippen molar-refractivity contribution in [1.82, 2.24) is 5.32 Å². The molecule has 0 spiro atoms. The maximum atomic E-state index is 6.02. The molecule has 0 aliphatic carbocycles. The Hall–Kier alpha value is -1.31. The van der Waals surface area contributed by atoms with Crippen LogP contribution in [0.15, 0.2) is 42.5 Å². The van der Waals surface area contributed by atoms with Crippen molar-refractivity contribution in [1.29, 1.82) is 0 Å².